The minimum atomic E-state index is 0.541. The van der Waals surface area contributed by atoms with Gasteiger partial charge in [-0.05, 0) is 31.1 Å². The van der Waals surface area contributed by atoms with Crippen LogP contribution in [0.4, 0.5) is 0 Å². The molecule has 1 rings (SSSR count). The Hall–Kier alpha value is -0.0800. The molecule has 0 aromatic heterocycles. The molecule has 1 aliphatic rings. The normalized spacial score (nSPS) is 21.8. The maximum atomic E-state index is 5.21. The number of hydrogen-bond donors (Lipinski definition) is 1. The molecule has 1 aliphatic carbocycles. The molecule has 0 aromatic carbocycles. The van der Waals surface area contributed by atoms with E-state index in [2.05, 4.69) is 19.2 Å². The van der Waals surface area contributed by atoms with Crippen molar-refractivity contribution in [1.29, 1.82) is 0 Å². The minimum absolute atomic E-state index is 0.541. The topological polar surface area (TPSA) is 21.3 Å². The van der Waals surface area contributed by atoms with Crippen molar-refractivity contribution in [3.8, 4) is 0 Å². The maximum Gasteiger partial charge on any atom is 0.0615 e. The highest BCUT2D eigenvalue weighted by atomic mass is 16.5. The van der Waals surface area contributed by atoms with Crippen molar-refractivity contribution in [1.82, 2.24) is 5.32 Å². The van der Waals surface area contributed by atoms with Crippen LogP contribution in [0.25, 0.3) is 0 Å². The number of methoxy groups -OCH3 is 1. The molecule has 1 N–H and O–H groups in total. The largest absolute Gasteiger partial charge is 0.383 e. The van der Waals surface area contributed by atoms with Crippen molar-refractivity contribution in [2.24, 2.45) is 5.41 Å². The third kappa shape index (κ3) is 3.76. The smallest absolute Gasteiger partial charge is 0.0615 e. The highest BCUT2D eigenvalue weighted by molar-refractivity contribution is 4.86. The molecule has 0 amide bonds. The Bertz CT molecular complexity index is 164. The van der Waals surface area contributed by atoms with Gasteiger partial charge in [-0.25, -0.2) is 0 Å². The summed E-state index contributed by atoms with van der Waals surface area (Å²) in [6.45, 7) is 6.59. The molecule has 0 saturated heterocycles. The summed E-state index contributed by atoms with van der Waals surface area (Å²) >= 11 is 0. The number of nitrogens with one attached hydrogen (secondary N) is 1. The molecule has 1 unspecified atom stereocenters. The van der Waals surface area contributed by atoms with Gasteiger partial charge in [0.15, 0.2) is 0 Å². The first-order chi connectivity index (χ1) is 7.26. The van der Waals surface area contributed by atoms with Gasteiger partial charge in [0.1, 0.15) is 0 Å². The van der Waals surface area contributed by atoms with Crippen LogP contribution in [0.5, 0.6) is 0 Å². The molecule has 0 heterocycles. The van der Waals surface area contributed by atoms with Gasteiger partial charge < -0.3 is 10.1 Å². The molecule has 90 valence electrons. The first-order valence-corrected chi connectivity index (χ1v) is 6.48. The second-order valence-corrected chi connectivity index (χ2v) is 5.00. The highest BCUT2D eigenvalue weighted by Gasteiger charge is 2.31. The summed E-state index contributed by atoms with van der Waals surface area (Å²) in [5.74, 6) is 0. The number of rotatable bonds is 7. The lowest BCUT2D eigenvalue weighted by atomic mass is 9.83. The number of hydrogen-bond acceptors (Lipinski definition) is 2. The van der Waals surface area contributed by atoms with Crippen LogP contribution in [-0.4, -0.2) is 26.3 Å². The zero-order valence-corrected chi connectivity index (χ0v) is 10.6. The molecule has 0 aliphatic heterocycles. The van der Waals surface area contributed by atoms with Crippen LogP contribution in [0.1, 0.15) is 52.4 Å². The molecule has 0 aromatic rings. The quantitative estimate of drug-likeness (QED) is 0.702. The summed E-state index contributed by atoms with van der Waals surface area (Å²) in [5.41, 5.74) is 0.598. The van der Waals surface area contributed by atoms with Crippen LogP contribution < -0.4 is 5.32 Å². The van der Waals surface area contributed by atoms with Gasteiger partial charge in [0.05, 0.1) is 6.61 Å². The SMILES string of the molecule is CCC(COC)NCC1(CC)CCCC1. The zero-order valence-electron chi connectivity index (χ0n) is 10.6. The van der Waals surface area contributed by atoms with E-state index in [4.69, 9.17) is 4.74 Å². The van der Waals surface area contributed by atoms with Crippen LogP contribution in [0.15, 0.2) is 0 Å². The number of ether oxygens (including phenoxy) is 1. The van der Waals surface area contributed by atoms with E-state index in [1.54, 1.807) is 7.11 Å². The monoisotopic (exact) mass is 213 g/mol. The summed E-state index contributed by atoms with van der Waals surface area (Å²) in [6, 6.07) is 0.541. The van der Waals surface area contributed by atoms with Crippen LogP contribution in [0.3, 0.4) is 0 Å². The molecule has 2 nitrogen and oxygen atoms in total. The third-order valence-electron chi connectivity index (χ3n) is 4.04. The van der Waals surface area contributed by atoms with Gasteiger partial charge >= 0.3 is 0 Å². The average Bonchev–Trinajstić information content (AvgIpc) is 2.73. The molecule has 0 radical (unpaired) electrons. The van der Waals surface area contributed by atoms with Gasteiger partial charge in [-0.3, -0.25) is 0 Å². The molecular weight excluding hydrogens is 186 g/mol. The summed E-state index contributed by atoms with van der Waals surface area (Å²) in [6.07, 6.45) is 8.17. The van der Waals surface area contributed by atoms with Crippen molar-refractivity contribution in [3.05, 3.63) is 0 Å². The maximum absolute atomic E-state index is 5.21. The summed E-state index contributed by atoms with van der Waals surface area (Å²) < 4.78 is 5.21. The van der Waals surface area contributed by atoms with Crippen LogP contribution in [-0.2, 0) is 4.74 Å². The molecule has 15 heavy (non-hydrogen) atoms. The van der Waals surface area contributed by atoms with Crippen molar-refractivity contribution < 1.29 is 4.74 Å². The standard InChI is InChI=1S/C13H27NO/c1-4-12(10-15-3)14-11-13(5-2)8-6-7-9-13/h12,14H,4-11H2,1-3H3. The zero-order chi connectivity index (χ0) is 11.1. The molecule has 0 spiro atoms. The van der Waals surface area contributed by atoms with Gasteiger partial charge in [0, 0.05) is 19.7 Å². The molecule has 0 bridgehead atoms. The Morgan fingerprint density at radius 1 is 1.27 bits per heavy atom. The van der Waals surface area contributed by atoms with E-state index in [0.29, 0.717) is 11.5 Å². The summed E-state index contributed by atoms with van der Waals surface area (Å²) in [7, 11) is 1.79. The average molecular weight is 213 g/mol. The Morgan fingerprint density at radius 2 is 1.93 bits per heavy atom. The summed E-state index contributed by atoms with van der Waals surface area (Å²) in [5, 5.41) is 3.68. The van der Waals surface area contributed by atoms with E-state index >= 15 is 0 Å². The molecule has 1 fully saturated rings. The van der Waals surface area contributed by atoms with Gasteiger partial charge in [-0.2, -0.15) is 0 Å². The summed E-state index contributed by atoms with van der Waals surface area (Å²) in [4.78, 5) is 0. The Morgan fingerprint density at radius 3 is 2.40 bits per heavy atom. The van der Waals surface area contributed by atoms with Gasteiger partial charge in [-0.1, -0.05) is 26.7 Å². The predicted octanol–water partition coefficient (Wildman–Crippen LogP) is 2.97. The van der Waals surface area contributed by atoms with Gasteiger partial charge in [-0.15, -0.1) is 0 Å². The third-order valence-corrected chi connectivity index (χ3v) is 4.04. The Labute approximate surface area is 94.8 Å². The van der Waals surface area contributed by atoms with Gasteiger partial charge in [0.25, 0.3) is 0 Å². The van der Waals surface area contributed by atoms with Gasteiger partial charge in [0.2, 0.25) is 0 Å². The fraction of sp³-hybridized carbons (Fsp3) is 1.00. The van der Waals surface area contributed by atoms with Crippen LogP contribution in [0, 0.1) is 5.41 Å². The van der Waals surface area contributed by atoms with E-state index in [-0.39, 0.29) is 0 Å². The highest BCUT2D eigenvalue weighted by Crippen LogP contribution is 2.40. The fourth-order valence-corrected chi connectivity index (χ4v) is 2.66. The van der Waals surface area contributed by atoms with Crippen molar-refractivity contribution in [2.45, 2.75) is 58.4 Å². The lowest BCUT2D eigenvalue weighted by Crippen LogP contribution is -2.40. The predicted molar refractivity (Wildman–Crippen MR) is 65.1 cm³/mol. The second kappa shape index (κ2) is 6.49. The fourth-order valence-electron chi connectivity index (χ4n) is 2.66. The van der Waals surface area contributed by atoms with Crippen molar-refractivity contribution >= 4 is 0 Å². The lowest BCUT2D eigenvalue weighted by molar-refractivity contribution is 0.152. The van der Waals surface area contributed by atoms with Crippen LogP contribution in [0.2, 0.25) is 0 Å². The minimum Gasteiger partial charge on any atom is -0.383 e. The van der Waals surface area contributed by atoms with E-state index in [0.717, 1.165) is 13.0 Å². The van der Waals surface area contributed by atoms with E-state index in [1.165, 1.54) is 38.6 Å². The first-order valence-electron chi connectivity index (χ1n) is 6.48. The Balaban J connectivity index is 2.32. The van der Waals surface area contributed by atoms with E-state index in [1.807, 2.05) is 0 Å². The lowest BCUT2D eigenvalue weighted by Gasteiger charge is -2.30. The molecule has 2 heteroatoms. The van der Waals surface area contributed by atoms with Crippen LogP contribution >= 0.6 is 0 Å². The van der Waals surface area contributed by atoms with E-state index < -0.39 is 0 Å². The molecule has 1 atom stereocenters. The van der Waals surface area contributed by atoms with Crippen molar-refractivity contribution in [3.63, 3.8) is 0 Å². The molecular formula is C13H27NO. The Kier molecular flexibility index (Phi) is 5.62. The van der Waals surface area contributed by atoms with E-state index in [9.17, 15) is 0 Å². The molecule has 1 saturated carbocycles. The first kappa shape index (κ1) is 13.0. The second-order valence-electron chi connectivity index (χ2n) is 5.00. The van der Waals surface area contributed by atoms with Crippen molar-refractivity contribution in [2.75, 3.05) is 20.3 Å².